The van der Waals surface area contributed by atoms with Gasteiger partial charge in [-0.25, -0.2) is 4.68 Å². The molecule has 0 atom stereocenters. The van der Waals surface area contributed by atoms with Gasteiger partial charge in [-0.3, -0.25) is 14.9 Å². The first kappa shape index (κ1) is 16.0. The summed E-state index contributed by atoms with van der Waals surface area (Å²) in [6.07, 6.45) is 1.60. The Bertz CT molecular complexity index is 924. The summed E-state index contributed by atoms with van der Waals surface area (Å²) in [5.41, 5.74) is 2.77. The highest BCUT2D eigenvalue weighted by Gasteiger charge is 2.10. The lowest BCUT2D eigenvalue weighted by molar-refractivity contribution is 0.835. The largest absolute Gasteiger partial charge is 0.295 e. The van der Waals surface area contributed by atoms with Crippen molar-refractivity contribution in [3.05, 3.63) is 79.1 Å². The molecular formula is C17H13Br2N3O. The van der Waals surface area contributed by atoms with Crippen molar-refractivity contribution in [3.8, 4) is 5.69 Å². The number of hydrogen-bond donors (Lipinski definition) is 1. The van der Waals surface area contributed by atoms with Crippen LogP contribution in [0.25, 0.3) is 5.69 Å². The van der Waals surface area contributed by atoms with Gasteiger partial charge in [-0.15, -0.1) is 0 Å². The molecule has 23 heavy (non-hydrogen) atoms. The molecule has 0 saturated carbocycles. The molecule has 0 bridgehead atoms. The van der Waals surface area contributed by atoms with Gasteiger partial charge in [0.05, 0.1) is 16.9 Å². The molecule has 3 aromatic rings. The van der Waals surface area contributed by atoms with Crippen molar-refractivity contribution in [1.82, 2.24) is 9.78 Å². The molecule has 0 aliphatic rings. The summed E-state index contributed by atoms with van der Waals surface area (Å²) in [7, 11) is 0. The SMILES string of the molecule is Cc1[nH]n(-c2ccc(Br)cc2)c(=O)c1C=Nc1cccc(Br)c1. The summed E-state index contributed by atoms with van der Waals surface area (Å²) < 4.78 is 3.43. The molecule has 0 saturated heterocycles. The van der Waals surface area contributed by atoms with E-state index in [1.165, 1.54) is 4.68 Å². The van der Waals surface area contributed by atoms with E-state index in [0.717, 1.165) is 26.0 Å². The molecule has 0 radical (unpaired) electrons. The minimum absolute atomic E-state index is 0.122. The predicted octanol–water partition coefficient (Wildman–Crippen LogP) is 4.75. The van der Waals surface area contributed by atoms with E-state index in [2.05, 4.69) is 42.0 Å². The molecule has 0 amide bonds. The van der Waals surface area contributed by atoms with Crippen LogP contribution in [0.3, 0.4) is 0 Å². The highest BCUT2D eigenvalue weighted by molar-refractivity contribution is 9.10. The zero-order valence-corrected chi connectivity index (χ0v) is 15.4. The molecular weight excluding hydrogens is 422 g/mol. The van der Waals surface area contributed by atoms with Crippen molar-refractivity contribution >= 4 is 43.8 Å². The lowest BCUT2D eigenvalue weighted by Gasteiger charge is -2.00. The van der Waals surface area contributed by atoms with E-state index in [-0.39, 0.29) is 5.56 Å². The van der Waals surface area contributed by atoms with E-state index in [9.17, 15) is 4.79 Å². The standard InChI is InChI=1S/C17H13Br2N3O/c1-11-16(10-20-14-4-2-3-13(19)9-14)17(23)22(21-11)15-7-5-12(18)6-8-15/h2-10,21H,1H3. The van der Waals surface area contributed by atoms with Crippen molar-refractivity contribution < 1.29 is 0 Å². The Balaban J connectivity index is 1.98. The third-order valence-corrected chi connectivity index (χ3v) is 4.37. The molecule has 116 valence electrons. The summed E-state index contributed by atoms with van der Waals surface area (Å²) in [5, 5.41) is 3.08. The van der Waals surface area contributed by atoms with Crippen LogP contribution in [-0.4, -0.2) is 16.0 Å². The van der Waals surface area contributed by atoms with Crippen LogP contribution in [0, 0.1) is 6.92 Å². The molecule has 0 unspecified atom stereocenters. The second kappa shape index (κ2) is 6.68. The number of nitrogens with zero attached hydrogens (tertiary/aromatic N) is 2. The summed E-state index contributed by atoms with van der Waals surface area (Å²) in [6, 6.07) is 15.2. The van der Waals surface area contributed by atoms with Crippen molar-refractivity contribution in [2.24, 2.45) is 4.99 Å². The predicted molar refractivity (Wildman–Crippen MR) is 100 cm³/mol. The van der Waals surface area contributed by atoms with Crippen LogP contribution in [0.15, 0.2) is 67.3 Å². The molecule has 3 rings (SSSR count). The number of rotatable bonds is 3. The van der Waals surface area contributed by atoms with Crippen molar-refractivity contribution in [3.63, 3.8) is 0 Å². The van der Waals surface area contributed by atoms with Gasteiger partial charge in [0.2, 0.25) is 0 Å². The highest BCUT2D eigenvalue weighted by atomic mass is 79.9. The lowest BCUT2D eigenvalue weighted by atomic mass is 10.2. The first-order valence-electron chi connectivity index (χ1n) is 6.92. The van der Waals surface area contributed by atoms with E-state index < -0.39 is 0 Å². The molecule has 6 heteroatoms. The topological polar surface area (TPSA) is 50.1 Å². The number of benzene rings is 2. The fourth-order valence-corrected chi connectivity index (χ4v) is 2.83. The maximum Gasteiger partial charge on any atom is 0.280 e. The van der Waals surface area contributed by atoms with E-state index in [0.29, 0.717) is 5.56 Å². The number of hydrogen-bond acceptors (Lipinski definition) is 2. The monoisotopic (exact) mass is 433 g/mol. The molecule has 1 heterocycles. The quantitative estimate of drug-likeness (QED) is 0.594. The van der Waals surface area contributed by atoms with Crippen molar-refractivity contribution in [1.29, 1.82) is 0 Å². The molecule has 0 aliphatic carbocycles. The third-order valence-electron chi connectivity index (χ3n) is 3.35. The van der Waals surface area contributed by atoms with Crippen LogP contribution in [0.2, 0.25) is 0 Å². The van der Waals surface area contributed by atoms with Crippen LogP contribution in [-0.2, 0) is 0 Å². The van der Waals surface area contributed by atoms with Gasteiger partial charge in [0.25, 0.3) is 5.56 Å². The molecule has 2 aromatic carbocycles. The maximum atomic E-state index is 12.6. The number of aliphatic imine (C=N–C) groups is 1. The number of H-pyrrole nitrogens is 1. The Morgan fingerprint density at radius 2 is 1.83 bits per heavy atom. The number of halogens is 2. The fourth-order valence-electron chi connectivity index (χ4n) is 2.18. The molecule has 0 aliphatic heterocycles. The summed E-state index contributed by atoms with van der Waals surface area (Å²) >= 11 is 6.80. The van der Waals surface area contributed by atoms with Crippen LogP contribution in [0.1, 0.15) is 11.3 Å². The van der Waals surface area contributed by atoms with E-state index >= 15 is 0 Å². The van der Waals surface area contributed by atoms with E-state index in [4.69, 9.17) is 0 Å². The average molecular weight is 435 g/mol. The second-order valence-corrected chi connectivity index (χ2v) is 6.84. The molecule has 1 N–H and O–H groups in total. The van der Waals surface area contributed by atoms with Gasteiger partial charge in [-0.05, 0) is 49.4 Å². The second-order valence-electron chi connectivity index (χ2n) is 5.01. The third kappa shape index (κ3) is 3.54. The molecule has 4 nitrogen and oxygen atoms in total. The van der Waals surface area contributed by atoms with Crippen molar-refractivity contribution in [2.45, 2.75) is 6.92 Å². The minimum Gasteiger partial charge on any atom is -0.295 e. The zero-order chi connectivity index (χ0) is 16.4. The van der Waals surface area contributed by atoms with Crippen LogP contribution in [0.5, 0.6) is 0 Å². The Morgan fingerprint density at radius 3 is 2.52 bits per heavy atom. The lowest BCUT2D eigenvalue weighted by Crippen LogP contribution is -2.17. The first-order chi connectivity index (χ1) is 11.0. The van der Waals surface area contributed by atoms with Gasteiger partial charge in [0, 0.05) is 20.9 Å². The minimum atomic E-state index is -0.122. The Labute approximate surface area is 150 Å². The number of nitrogens with one attached hydrogen (secondary N) is 1. The molecule has 1 aromatic heterocycles. The van der Waals surface area contributed by atoms with Gasteiger partial charge < -0.3 is 0 Å². The van der Waals surface area contributed by atoms with Crippen LogP contribution < -0.4 is 5.56 Å². The van der Waals surface area contributed by atoms with Gasteiger partial charge in [-0.2, -0.15) is 0 Å². The number of aromatic amines is 1. The summed E-state index contributed by atoms with van der Waals surface area (Å²) in [6.45, 7) is 1.86. The average Bonchev–Trinajstić information content (AvgIpc) is 2.81. The van der Waals surface area contributed by atoms with Gasteiger partial charge in [-0.1, -0.05) is 37.9 Å². The fraction of sp³-hybridized carbons (Fsp3) is 0.0588. The Hall–Kier alpha value is -1.92. The van der Waals surface area contributed by atoms with Crippen molar-refractivity contribution in [2.75, 3.05) is 0 Å². The zero-order valence-electron chi connectivity index (χ0n) is 12.3. The van der Waals surface area contributed by atoms with Gasteiger partial charge >= 0.3 is 0 Å². The smallest absolute Gasteiger partial charge is 0.280 e. The normalized spacial score (nSPS) is 11.3. The van der Waals surface area contributed by atoms with Crippen LogP contribution >= 0.6 is 31.9 Å². The first-order valence-corrected chi connectivity index (χ1v) is 8.50. The van der Waals surface area contributed by atoms with Gasteiger partial charge in [0.15, 0.2) is 0 Å². The summed E-state index contributed by atoms with van der Waals surface area (Å²) in [5.74, 6) is 0. The summed E-state index contributed by atoms with van der Waals surface area (Å²) in [4.78, 5) is 17.0. The van der Waals surface area contributed by atoms with E-state index in [1.807, 2.05) is 55.5 Å². The van der Waals surface area contributed by atoms with E-state index in [1.54, 1.807) is 6.21 Å². The number of aromatic nitrogens is 2. The van der Waals surface area contributed by atoms with Crippen LogP contribution in [0.4, 0.5) is 5.69 Å². The maximum absolute atomic E-state index is 12.6. The molecule has 0 fully saturated rings. The Morgan fingerprint density at radius 1 is 1.09 bits per heavy atom. The highest BCUT2D eigenvalue weighted by Crippen LogP contribution is 2.18. The molecule has 0 spiro atoms. The number of aryl methyl sites for hydroxylation is 1. The van der Waals surface area contributed by atoms with Gasteiger partial charge in [0.1, 0.15) is 0 Å². The Kier molecular flexibility index (Phi) is 4.63.